The van der Waals surface area contributed by atoms with E-state index in [0.717, 1.165) is 4.31 Å². The average Bonchev–Trinajstić information content (AvgIpc) is 2.51. The van der Waals surface area contributed by atoms with E-state index in [4.69, 9.17) is 23.2 Å². The Morgan fingerprint density at radius 1 is 1.08 bits per heavy atom. The van der Waals surface area contributed by atoms with Crippen LogP contribution in [0.3, 0.4) is 0 Å². The van der Waals surface area contributed by atoms with Gasteiger partial charge in [0.2, 0.25) is 10.0 Å². The Labute approximate surface area is 151 Å². The second-order valence-electron chi connectivity index (χ2n) is 5.30. The molecule has 0 aromatic heterocycles. The Kier molecular flexibility index (Phi) is 5.55. The SMILES string of the molecule is Cc1c(Cl)cccc1NC(=O)c1cc(S(=O)(=O)N(C)C)ccc1Cl. The van der Waals surface area contributed by atoms with E-state index < -0.39 is 15.9 Å². The second kappa shape index (κ2) is 7.11. The van der Waals surface area contributed by atoms with Gasteiger partial charge >= 0.3 is 0 Å². The standard InChI is InChI=1S/C16H16Cl2N2O3S/c1-10-13(17)5-4-6-15(10)19-16(21)12-9-11(7-8-14(12)18)24(22,23)20(2)3/h4-9H,1-3H3,(H,19,21). The van der Waals surface area contributed by atoms with E-state index in [1.807, 2.05) is 0 Å². The fourth-order valence-electron chi connectivity index (χ4n) is 1.98. The molecule has 0 radical (unpaired) electrons. The molecule has 128 valence electrons. The van der Waals surface area contributed by atoms with Gasteiger partial charge in [0.25, 0.3) is 5.91 Å². The van der Waals surface area contributed by atoms with Crippen molar-refractivity contribution in [2.24, 2.45) is 0 Å². The number of nitrogens with one attached hydrogen (secondary N) is 1. The Balaban J connectivity index is 2.41. The van der Waals surface area contributed by atoms with Gasteiger partial charge in [0, 0.05) is 24.8 Å². The summed E-state index contributed by atoms with van der Waals surface area (Å²) in [5.74, 6) is -0.513. The summed E-state index contributed by atoms with van der Waals surface area (Å²) in [6, 6.07) is 9.13. The molecule has 24 heavy (non-hydrogen) atoms. The molecule has 0 saturated heterocycles. The molecule has 2 aromatic carbocycles. The number of nitrogens with zero attached hydrogens (tertiary/aromatic N) is 1. The number of carbonyl (C=O) groups excluding carboxylic acids is 1. The van der Waals surface area contributed by atoms with Gasteiger partial charge in [-0.1, -0.05) is 29.3 Å². The molecule has 8 heteroatoms. The van der Waals surface area contributed by atoms with Gasteiger partial charge in [-0.2, -0.15) is 0 Å². The molecule has 0 saturated carbocycles. The first-order valence-electron chi connectivity index (χ1n) is 6.93. The van der Waals surface area contributed by atoms with Crippen LogP contribution >= 0.6 is 23.2 Å². The number of halogens is 2. The molecule has 0 unspecified atom stereocenters. The summed E-state index contributed by atoms with van der Waals surface area (Å²) in [7, 11) is -0.832. The van der Waals surface area contributed by atoms with Gasteiger partial charge in [-0.05, 0) is 42.8 Å². The first-order valence-corrected chi connectivity index (χ1v) is 9.12. The predicted octanol–water partition coefficient (Wildman–Crippen LogP) is 3.80. The normalized spacial score (nSPS) is 11.6. The molecule has 2 aromatic rings. The fraction of sp³-hybridized carbons (Fsp3) is 0.188. The number of anilines is 1. The van der Waals surface area contributed by atoms with E-state index in [0.29, 0.717) is 16.3 Å². The predicted molar refractivity (Wildman–Crippen MR) is 96.5 cm³/mol. The Bertz CT molecular complexity index is 896. The first kappa shape index (κ1) is 18.7. The molecule has 0 heterocycles. The fourth-order valence-corrected chi connectivity index (χ4v) is 3.29. The third-order valence-electron chi connectivity index (χ3n) is 3.48. The van der Waals surface area contributed by atoms with Crippen molar-refractivity contribution in [1.82, 2.24) is 4.31 Å². The molecular weight excluding hydrogens is 371 g/mol. The van der Waals surface area contributed by atoms with Crippen LogP contribution in [0.2, 0.25) is 10.0 Å². The zero-order valence-electron chi connectivity index (χ0n) is 13.3. The van der Waals surface area contributed by atoms with Crippen molar-refractivity contribution in [3.05, 3.63) is 57.6 Å². The van der Waals surface area contributed by atoms with Crippen LogP contribution in [-0.2, 0) is 10.0 Å². The first-order chi connectivity index (χ1) is 11.1. The third kappa shape index (κ3) is 3.72. The van der Waals surface area contributed by atoms with Crippen molar-refractivity contribution in [2.75, 3.05) is 19.4 Å². The van der Waals surface area contributed by atoms with Crippen LogP contribution < -0.4 is 5.32 Å². The van der Waals surface area contributed by atoms with Crippen molar-refractivity contribution in [1.29, 1.82) is 0 Å². The number of hydrogen-bond donors (Lipinski definition) is 1. The average molecular weight is 387 g/mol. The quantitative estimate of drug-likeness (QED) is 0.868. The summed E-state index contributed by atoms with van der Waals surface area (Å²) in [5, 5.41) is 3.37. The van der Waals surface area contributed by atoms with Crippen LogP contribution in [0, 0.1) is 6.92 Å². The topological polar surface area (TPSA) is 66.5 Å². The minimum absolute atomic E-state index is 0.00938. The summed E-state index contributed by atoms with van der Waals surface area (Å²) in [4.78, 5) is 12.5. The maximum absolute atomic E-state index is 12.5. The lowest BCUT2D eigenvalue weighted by atomic mass is 10.1. The second-order valence-corrected chi connectivity index (χ2v) is 8.26. The molecule has 0 fully saturated rings. The minimum atomic E-state index is -3.66. The molecule has 5 nitrogen and oxygen atoms in total. The lowest BCUT2D eigenvalue weighted by Crippen LogP contribution is -2.23. The zero-order valence-corrected chi connectivity index (χ0v) is 15.6. The molecule has 0 aliphatic heterocycles. The number of carbonyl (C=O) groups is 1. The Morgan fingerprint density at radius 3 is 2.38 bits per heavy atom. The van der Waals surface area contributed by atoms with E-state index in [1.54, 1.807) is 25.1 Å². The van der Waals surface area contributed by atoms with Crippen molar-refractivity contribution in [3.63, 3.8) is 0 Å². The maximum Gasteiger partial charge on any atom is 0.257 e. The molecule has 1 amide bonds. The lowest BCUT2D eigenvalue weighted by molar-refractivity contribution is 0.102. The highest BCUT2D eigenvalue weighted by Crippen LogP contribution is 2.26. The molecular formula is C16H16Cl2N2O3S. The van der Waals surface area contributed by atoms with Gasteiger partial charge in [-0.3, -0.25) is 4.79 Å². The van der Waals surface area contributed by atoms with Gasteiger partial charge in [0.15, 0.2) is 0 Å². The molecule has 0 spiro atoms. The minimum Gasteiger partial charge on any atom is -0.322 e. The van der Waals surface area contributed by atoms with Crippen molar-refractivity contribution >= 4 is 44.8 Å². The van der Waals surface area contributed by atoms with Crippen molar-refractivity contribution in [2.45, 2.75) is 11.8 Å². The Morgan fingerprint density at radius 2 is 1.75 bits per heavy atom. The third-order valence-corrected chi connectivity index (χ3v) is 6.03. The Hall–Kier alpha value is -1.60. The number of benzene rings is 2. The van der Waals surface area contributed by atoms with E-state index in [2.05, 4.69) is 5.32 Å². The number of hydrogen-bond acceptors (Lipinski definition) is 3. The highest BCUT2D eigenvalue weighted by Gasteiger charge is 2.21. The van der Waals surface area contributed by atoms with E-state index in [9.17, 15) is 13.2 Å². The molecule has 1 N–H and O–H groups in total. The van der Waals surface area contributed by atoms with Crippen LogP contribution in [0.5, 0.6) is 0 Å². The zero-order chi connectivity index (χ0) is 18.1. The highest BCUT2D eigenvalue weighted by atomic mass is 35.5. The molecule has 2 rings (SSSR count). The molecule has 0 bridgehead atoms. The van der Waals surface area contributed by atoms with Gasteiger partial charge in [-0.15, -0.1) is 0 Å². The lowest BCUT2D eigenvalue weighted by Gasteiger charge is -2.14. The van der Waals surface area contributed by atoms with Crippen LogP contribution in [0.25, 0.3) is 0 Å². The van der Waals surface area contributed by atoms with Crippen LogP contribution in [0.1, 0.15) is 15.9 Å². The van der Waals surface area contributed by atoms with Crippen LogP contribution in [-0.4, -0.2) is 32.7 Å². The van der Waals surface area contributed by atoms with Gasteiger partial charge in [-0.25, -0.2) is 12.7 Å². The maximum atomic E-state index is 12.5. The summed E-state index contributed by atoms with van der Waals surface area (Å²) in [6.45, 7) is 1.77. The molecule has 0 aliphatic carbocycles. The number of amides is 1. The van der Waals surface area contributed by atoms with Gasteiger partial charge in [0.1, 0.15) is 0 Å². The van der Waals surface area contributed by atoms with Crippen molar-refractivity contribution < 1.29 is 13.2 Å². The molecule has 0 aliphatic rings. The van der Waals surface area contributed by atoms with Gasteiger partial charge in [0.05, 0.1) is 15.5 Å². The van der Waals surface area contributed by atoms with Crippen molar-refractivity contribution in [3.8, 4) is 0 Å². The van der Waals surface area contributed by atoms with Crippen LogP contribution in [0.15, 0.2) is 41.3 Å². The van der Waals surface area contributed by atoms with E-state index in [-0.39, 0.29) is 15.5 Å². The monoisotopic (exact) mass is 386 g/mol. The summed E-state index contributed by atoms with van der Waals surface area (Å²) < 4.78 is 25.5. The molecule has 0 atom stereocenters. The van der Waals surface area contributed by atoms with E-state index >= 15 is 0 Å². The van der Waals surface area contributed by atoms with E-state index in [1.165, 1.54) is 32.3 Å². The van der Waals surface area contributed by atoms with Gasteiger partial charge < -0.3 is 5.32 Å². The smallest absolute Gasteiger partial charge is 0.257 e. The summed E-state index contributed by atoms with van der Waals surface area (Å²) >= 11 is 12.1. The summed E-state index contributed by atoms with van der Waals surface area (Å²) in [5.41, 5.74) is 1.31. The number of sulfonamides is 1. The van der Waals surface area contributed by atoms with Crippen LogP contribution in [0.4, 0.5) is 5.69 Å². The number of rotatable bonds is 4. The largest absolute Gasteiger partial charge is 0.322 e. The summed E-state index contributed by atoms with van der Waals surface area (Å²) in [6.07, 6.45) is 0. The highest BCUT2D eigenvalue weighted by molar-refractivity contribution is 7.89.